The van der Waals surface area contributed by atoms with E-state index in [1.165, 1.54) is 6.92 Å². The molecule has 5 atom stereocenters. The van der Waals surface area contributed by atoms with Gasteiger partial charge in [0.2, 0.25) is 35.4 Å². The lowest BCUT2D eigenvalue weighted by atomic mass is 9.81. The molecule has 2 fully saturated rings. The van der Waals surface area contributed by atoms with Crippen LogP contribution in [-0.2, 0) is 75.2 Å². The molecular weight excluding hydrogens is 1470 g/mol. The number of carboxylic acid groups (broad SMARTS) is 6. The van der Waals surface area contributed by atoms with Gasteiger partial charge in [-0.2, -0.15) is 0 Å². The molecule has 8 amide bonds. The number of rotatable bonds is 43. The third-order valence-corrected chi connectivity index (χ3v) is 19.0. The van der Waals surface area contributed by atoms with Crippen LogP contribution in [0.1, 0.15) is 121 Å². The van der Waals surface area contributed by atoms with Gasteiger partial charge >= 0.3 is 41.8 Å². The van der Waals surface area contributed by atoms with Gasteiger partial charge in [-0.15, -0.1) is 0 Å². The standard InChI is InChI=1S/C71H101IN12O20/c1-46(85)54(25-27-61(88)89)79-71(104)80-57(70(102)103)13-5-7-30-74-68(100)58(40-49-17-20-50-10-2-3-11-52(50)39-49)78-66(98)51-21-15-48(16-22-51)41-75-67(99)55(77-69(101)56(26-28-62(90)91)76-59(86)14-8-9-47-18-23-53(72)24-19-47)12-4-6-29-73-60(87)42-81-31-33-82(43-63(92)93)35-37-84(45-65(96)97)38-36-83(34-32-81)44-64(94)95/h2-3,10-11,17-20,23-24,39,48,51,54-58H,4-9,12-16,21-22,25-38,40-45H2,1H3,(H,73,87)(H,74,100)(H,75,99)(H,76,86)(H,77,101)(H,78,98)(H,88,89)(H,90,91)(H,92,93)(H,94,95)(H,96,97)(H,102,103)(H2,79,80,104)/t48?,51?,54-,55-,56-,57-,58-/m0/s1. The van der Waals surface area contributed by atoms with Gasteiger partial charge in [0.15, 0.2) is 5.78 Å². The SMILES string of the molecule is CC(=O)[C@H](CCC(=O)O)NC(=O)N[C@@H](CCCCNC(=O)[C@H](Cc1ccc2ccccc2c1)NC(=O)C1CCC(CNC(=O)[C@H](CCCCNC(=O)CN2CCN(CC(=O)O)CCN(CC(=O)O)CCN(CC(=O)O)CC2)NC(=O)[C@H](CCC(=O)O)NC(=O)CCCc2ccc(I)cc2)CC1)C(=O)O. The predicted octanol–water partition coefficient (Wildman–Crippen LogP) is 1.87. The van der Waals surface area contributed by atoms with Gasteiger partial charge in [0, 0.05) is 107 Å². The number of fused-ring (bicyclic) bond motifs is 1. The van der Waals surface area contributed by atoms with Gasteiger partial charge in [0.25, 0.3) is 0 Å². The Hall–Kier alpha value is -8.93. The van der Waals surface area contributed by atoms with Crippen LogP contribution in [0.3, 0.4) is 0 Å². The molecule has 0 unspecified atom stereocenters. The number of carbonyl (C=O) groups excluding carboxylic acids is 8. The van der Waals surface area contributed by atoms with E-state index < -0.39 is 126 Å². The summed E-state index contributed by atoms with van der Waals surface area (Å²) in [5.74, 6) is -11.2. The molecule has 1 saturated heterocycles. The highest BCUT2D eigenvalue weighted by atomic mass is 127. The number of nitrogens with zero attached hydrogens (tertiary/aromatic N) is 4. The van der Waals surface area contributed by atoms with E-state index in [-0.39, 0.29) is 168 Å². The van der Waals surface area contributed by atoms with Crippen molar-refractivity contribution in [3.63, 3.8) is 0 Å². The number of Topliss-reactive ketones (excluding diaryl/α,β-unsaturated/α-hetero) is 1. The molecule has 33 heteroatoms. The zero-order valence-electron chi connectivity index (χ0n) is 58.8. The predicted molar refractivity (Wildman–Crippen MR) is 388 cm³/mol. The topological polar surface area (TPSA) is 470 Å². The van der Waals surface area contributed by atoms with Crippen molar-refractivity contribution in [2.24, 2.45) is 11.8 Å². The molecule has 32 nitrogen and oxygen atoms in total. The number of nitrogens with one attached hydrogen (secondary N) is 8. The van der Waals surface area contributed by atoms with E-state index in [1.54, 1.807) is 19.6 Å². The van der Waals surface area contributed by atoms with Crippen molar-refractivity contribution in [2.75, 3.05) is 98.2 Å². The second-order valence-corrected chi connectivity index (χ2v) is 27.8. The molecule has 2 aliphatic rings. The molecule has 14 N–H and O–H groups in total. The number of aliphatic carboxylic acids is 6. The Morgan fingerprint density at radius 2 is 0.933 bits per heavy atom. The maximum absolute atomic E-state index is 14.3. The molecule has 0 aromatic heterocycles. The number of ketones is 1. The molecule has 572 valence electrons. The molecule has 0 radical (unpaired) electrons. The van der Waals surface area contributed by atoms with Crippen molar-refractivity contribution in [3.05, 3.63) is 81.4 Å². The first-order valence-electron chi connectivity index (χ1n) is 35.3. The summed E-state index contributed by atoms with van der Waals surface area (Å²) in [4.78, 5) is 185. The van der Waals surface area contributed by atoms with E-state index in [2.05, 4.69) is 65.1 Å². The van der Waals surface area contributed by atoms with Crippen LogP contribution in [0.4, 0.5) is 4.79 Å². The zero-order valence-corrected chi connectivity index (χ0v) is 60.9. The molecule has 3 aromatic rings. The smallest absolute Gasteiger partial charge is 0.326 e. The third kappa shape index (κ3) is 34.1. The monoisotopic (exact) mass is 1570 g/mol. The second kappa shape index (κ2) is 46.0. The van der Waals surface area contributed by atoms with Crippen molar-refractivity contribution in [1.82, 2.24) is 62.1 Å². The maximum atomic E-state index is 14.3. The van der Waals surface area contributed by atoms with Crippen LogP contribution >= 0.6 is 22.6 Å². The molecule has 0 bridgehead atoms. The highest BCUT2D eigenvalue weighted by Gasteiger charge is 2.33. The van der Waals surface area contributed by atoms with Crippen LogP contribution in [-0.4, -0.2) is 262 Å². The highest BCUT2D eigenvalue weighted by Crippen LogP contribution is 2.29. The number of amides is 8. The van der Waals surface area contributed by atoms with E-state index in [9.17, 15) is 92.7 Å². The Labute approximate surface area is 617 Å². The van der Waals surface area contributed by atoms with Crippen molar-refractivity contribution < 1.29 is 97.8 Å². The molecular formula is C71H101IN12O20. The summed E-state index contributed by atoms with van der Waals surface area (Å²) in [5, 5.41) is 80.9. The van der Waals surface area contributed by atoms with Crippen molar-refractivity contribution in [3.8, 4) is 0 Å². The fraction of sp³-hybridized carbons (Fsp3) is 0.577. The average Bonchev–Trinajstić information content (AvgIpc) is 0.834. The van der Waals surface area contributed by atoms with Gasteiger partial charge in [0.05, 0.1) is 32.2 Å². The van der Waals surface area contributed by atoms with Gasteiger partial charge in [-0.1, -0.05) is 54.6 Å². The molecule has 5 rings (SSSR count). The number of unbranched alkanes of at least 4 members (excludes halogenated alkanes) is 2. The average molecular weight is 1570 g/mol. The number of urea groups is 1. The summed E-state index contributed by atoms with van der Waals surface area (Å²) in [5.41, 5.74) is 1.77. The number of benzene rings is 3. The van der Waals surface area contributed by atoms with Crippen molar-refractivity contribution in [2.45, 2.75) is 153 Å². The van der Waals surface area contributed by atoms with Crippen LogP contribution in [0.15, 0.2) is 66.7 Å². The quantitative estimate of drug-likeness (QED) is 0.0284. The van der Waals surface area contributed by atoms with E-state index in [4.69, 9.17) is 5.11 Å². The van der Waals surface area contributed by atoms with Gasteiger partial charge in [-0.25, -0.2) is 9.59 Å². The fourth-order valence-corrected chi connectivity index (χ4v) is 12.7. The fourth-order valence-electron chi connectivity index (χ4n) is 12.4. The first kappa shape index (κ1) is 85.7. The summed E-state index contributed by atoms with van der Waals surface area (Å²) >= 11 is 2.19. The van der Waals surface area contributed by atoms with Crippen LogP contribution in [0, 0.1) is 15.4 Å². The Kier molecular flexibility index (Phi) is 37.9. The van der Waals surface area contributed by atoms with Crippen LogP contribution in [0.5, 0.6) is 0 Å². The van der Waals surface area contributed by atoms with E-state index in [0.717, 1.165) is 25.5 Å². The first-order chi connectivity index (χ1) is 49.6. The Balaban J connectivity index is 1.21. The van der Waals surface area contributed by atoms with Gasteiger partial charge in [-0.3, -0.25) is 77.1 Å². The zero-order chi connectivity index (χ0) is 76.1. The number of aryl methyl sites for hydroxylation is 1. The highest BCUT2D eigenvalue weighted by molar-refractivity contribution is 14.1. The minimum atomic E-state index is -1.37. The Bertz CT molecular complexity index is 3360. The number of hydrogen-bond acceptors (Lipinski definition) is 18. The van der Waals surface area contributed by atoms with E-state index in [1.807, 2.05) is 66.7 Å². The lowest BCUT2D eigenvalue weighted by molar-refractivity contribution is -0.140. The summed E-state index contributed by atoms with van der Waals surface area (Å²) in [6.07, 6.45) is 2.70. The van der Waals surface area contributed by atoms with Crippen LogP contribution in [0.2, 0.25) is 0 Å². The number of carbonyl (C=O) groups is 14. The molecule has 0 spiro atoms. The third-order valence-electron chi connectivity index (χ3n) is 18.3. The second-order valence-electron chi connectivity index (χ2n) is 26.5. The van der Waals surface area contributed by atoms with Gasteiger partial charge in [0.1, 0.15) is 24.2 Å². The van der Waals surface area contributed by atoms with Gasteiger partial charge in [-0.05, 0) is 159 Å². The molecule has 1 saturated carbocycles. The largest absolute Gasteiger partial charge is 0.481 e. The summed E-state index contributed by atoms with van der Waals surface area (Å²) in [7, 11) is 0. The normalized spacial score (nSPS) is 17.1. The van der Waals surface area contributed by atoms with E-state index in [0.29, 0.717) is 44.9 Å². The maximum Gasteiger partial charge on any atom is 0.326 e. The molecule has 1 aliphatic carbocycles. The molecule has 1 heterocycles. The lowest BCUT2D eigenvalue weighted by Gasteiger charge is -2.32. The number of halogens is 1. The molecule has 3 aromatic carbocycles. The van der Waals surface area contributed by atoms with E-state index >= 15 is 0 Å². The number of carboxylic acids is 6. The van der Waals surface area contributed by atoms with Crippen LogP contribution < -0.4 is 42.5 Å². The Morgan fingerprint density at radius 3 is 1.47 bits per heavy atom. The summed E-state index contributed by atoms with van der Waals surface area (Å²) in [6.45, 7) is 2.04. The van der Waals surface area contributed by atoms with Crippen molar-refractivity contribution in [1.29, 1.82) is 0 Å². The molecule has 104 heavy (non-hydrogen) atoms. The van der Waals surface area contributed by atoms with Crippen LogP contribution in [0.25, 0.3) is 10.8 Å². The minimum Gasteiger partial charge on any atom is -0.481 e. The lowest BCUT2D eigenvalue weighted by Crippen LogP contribution is -2.54. The Morgan fingerprint density at radius 1 is 0.442 bits per heavy atom. The van der Waals surface area contributed by atoms with Crippen molar-refractivity contribution >= 4 is 116 Å². The first-order valence-corrected chi connectivity index (χ1v) is 36.4. The molecule has 1 aliphatic heterocycles. The minimum absolute atomic E-state index is 0.0300. The van der Waals surface area contributed by atoms with Gasteiger partial charge < -0.3 is 73.2 Å². The summed E-state index contributed by atoms with van der Waals surface area (Å²) < 4.78 is 1.04. The summed E-state index contributed by atoms with van der Waals surface area (Å²) in [6, 6.07) is 14.1. The number of hydrogen-bond donors (Lipinski definition) is 14.